The third-order valence-electron chi connectivity index (χ3n) is 5.46. The van der Waals surface area contributed by atoms with Gasteiger partial charge in [0.15, 0.2) is 0 Å². The van der Waals surface area contributed by atoms with Gasteiger partial charge in [-0.05, 0) is 47.9 Å². The Morgan fingerprint density at radius 3 is 2.81 bits per heavy atom. The van der Waals surface area contributed by atoms with Crippen LogP contribution in [0.5, 0.6) is 5.75 Å². The zero-order chi connectivity index (χ0) is 18.4. The van der Waals surface area contributed by atoms with Gasteiger partial charge in [0, 0.05) is 40.2 Å². The number of fused-ring (bicyclic) bond motifs is 1. The van der Waals surface area contributed by atoms with Gasteiger partial charge in [-0.3, -0.25) is 0 Å². The maximum Gasteiger partial charge on any atom is 0.222 e. The van der Waals surface area contributed by atoms with Gasteiger partial charge in [-0.1, -0.05) is 13.0 Å². The van der Waals surface area contributed by atoms with Crippen LogP contribution >= 0.6 is 0 Å². The molecule has 1 saturated carbocycles. The number of benzene rings is 1. The molecule has 136 valence electrons. The first-order valence-electron chi connectivity index (χ1n) is 9.05. The fraction of sp³-hybridized carbons (Fsp3) is 0.300. The van der Waals surface area contributed by atoms with Gasteiger partial charge < -0.3 is 9.72 Å². The molecule has 4 aromatic rings. The fourth-order valence-electron chi connectivity index (χ4n) is 3.65. The van der Waals surface area contributed by atoms with Gasteiger partial charge in [-0.15, -0.1) is 10.2 Å². The molecule has 0 atom stereocenters. The Hall–Kier alpha value is -3.22. The van der Waals surface area contributed by atoms with E-state index in [4.69, 9.17) is 9.72 Å². The van der Waals surface area contributed by atoms with Crippen LogP contribution in [0.4, 0.5) is 0 Å². The van der Waals surface area contributed by atoms with E-state index < -0.39 is 0 Å². The lowest BCUT2D eigenvalue weighted by Gasteiger charge is -2.11. The van der Waals surface area contributed by atoms with Crippen LogP contribution in [-0.4, -0.2) is 37.7 Å². The summed E-state index contributed by atoms with van der Waals surface area (Å²) >= 11 is 0. The van der Waals surface area contributed by atoms with Crippen LogP contribution in [0.3, 0.4) is 0 Å². The van der Waals surface area contributed by atoms with Crippen molar-refractivity contribution in [1.29, 1.82) is 0 Å². The van der Waals surface area contributed by atoms with E-state index >= 15 is 0 Å². The van der Waals surface area contributed by atoms with Crippen molar-refractivity contribution >= 4 is 10.9 Å². The quantitative estimate of drug-likeness (QED) is 0.569. The van der Waals surface area contributed by atoms with E-state index in [1.807, 2.05) is 24.3 Å². The third-order valence-corrected chi connectivity index (χ3v) is 5.46. The van der Waals surface area contributed by atoms with Crippen LogP contribution in [0, 0.1) is 0 Å². The fourth-order valence-corrected chi connectivity index (χ4v) is 3.65. The minimum atomic E-state index is 0.229. The summed E-state index contributed by atoms with van der Waals surface area (Å²) in [5, 5.41) is 15.4. The number of nitrogens with one attached hydrogen (secondary N) is 2. The van der Waals surface area contributed by atoms with Gasteiger partial charge in [0.2, 0.25) is 5.82 Å². The van der Waals surface area contributed by atoms with Gasteiger partial charge >= 0.3 is 0 Å². The van der Waals surface area contributed by atoms with E-state index in [9.17, 15) is 0 Å². The second-order valence-electron chi connectivity index (χ2n) is 7.38. The Labute approximate surface area is 156 Å². The lowest BCUT2D eigenvalue weighted by Crippen LogP contribution is -2.05. The normalized spacial score (nSPS) is 15.2. The summed E-state index contributed by atoms with van der Waals surface area (Å²) in [6, 6.07) is 12.2. The first-order chi connectivity index (χ1) is 13.2. The molecule has 1 aliphatic carbocycles. The highest BCUT2D eigenvalue weighted by molar-refractivity contribution is 5.87. The summed E-state index contributed by atoms with van der Waals surface area (Å²) in [5.41, 5.74) is 5.68. The minimum absolute atomic E-state index is 0.229. The first kappa shape index (κ1) is 16.0. The summed E-state index contributed by atoms with van der Waals surface area (Å²) < 4.78 is 5.39. The Balaban J connectivity index is 1.59. The molecule has 1 fully saturated rings. The Kier molecular flexibility index (Phi) is 3.50. The van der Waals surface area contributed by atoms with Gasteiger partial charge in [0.1, 0.15) is 11.4 Å². The van der Waals surface area contributed by atoms with Crippen molar-refractivity contribution in [3.63, 3.8) is 0 Å². The van der Waals surface area contributed by atoms with Gasteiger partial charge in [0.05, 0.1) is 7.11 Å². The highest BCUT2D eigenvalue weighted by Crippen LogP contribution is 2.50. The largest absolute Gasteiger partial charge is 0.497 e. The topological polar surface area (TPSA) is 92.4 Å². The average Bonchev–Trinajstić information content (AvgIpc) is 3.12. The highest BCUT2D eigenvalue weighted by atomic mass is 16.5. The number of hydrogen-bond donors (Lipinski definition) is 2. The zero-order valence-electron chi connectivity index (χ0n) is 15.3. The first-order valence-corrected chi connectivity index (χ1v) is 9.05. The lowest BCUT2D eigenvalue weighted by molar-refractivity contribution is 0.415. The average molecular weight is 360 g/mol. The van der Waals surface area contributed by atoms with E-state index in [0.29, 0.717) is 5.82 Å². The Morgan fingerprint density at radius 2 is 2.07 bits per heavy atom. The molecule has 5 rings (SSSR count). The Bertz CT molecular complexity index is 1110. The van der Waals surface area contributed by atoms with Crippen molar-refractivity contribution in [2.24, 2.45) is 0 Å². The second-order valence-corrected chi connectivity index (χ2v) is 7.38. The third kappa shape index (κ3) is 2.75. The van der Waals surface area contributed by atoms with Gasteiger partial charge in [-0.25, -0.2) is 4.98 Å². The van der Waals surface area contributed by atoms with Gasteiger partial charge in [0.25, 0.3) is 0 Å². The van der Waals surface area contributed by atoms with Gasteiger partial charge in [-0.2, -0.15) is 5.21 Å². The molecular weight excluding hydrogens is 340 g/mol. The molecule has 1 aliphatic rings. The van der Waals surface area contributed by atoms with Crippen LogP contribution in [0.1, 0.15) is 36.7 Å². The van der Waals surface area contributed by atoms with E-state index in [1.54, 1.807) is 7.11 Å². The number of hydrogen-bond acceptors (Lipinski definition) is 5. The predicted octanol–water partition coefficient (Wildman–Crippen LogP) is 3.39. The van der Waals surface area contributed by atoms with Crippen molar-refractivity contribution in [2.75, 3.05) is 7.11 Å². The molecule has 0 saturated heterocycles. The highest BCUT2D eigenvalue weighted by Gasteiger charge is 2.42. The molecule has 7 nitrogen and oxygen atoms in total. The molecule has 7 heteroatoms. The number of aromatic amines is 2. The van der Waals surface area contributed by atoms with Crippen LogP contribution in [0.25, 0.3) is 22.4 Å². The number of methoxy groups -OCH3 is 1. The summed E-state index contributed by atoms with van der Waals surface area (Å²) in [4.78, 5) is 8.41. The number of aromatic nitrogens is 6. The molecule has 0 aliphatic heterocycles. The van der Waals surface area contributed by atoms with Crippen LogP contribution in [-0.2, 0) is 11.8 Å². The maximum absolute atomic E-state index is 5.39. The van der Waals surface area contributed by atoms with Crippen molar-refractivity contribution in [3.05, 3.63) is 53.3 Å². The number of pyridine rings is 1. The maximum atomic E-state index is 5.39. The standard InChI is InChI=1S/C20H20N6O/c1-20(8-9-20)18-15(14-7-6-13(27-2)11-17(14)22-18)10-12-4-3-5-16(21-12)19-23-25-26-24-19/h3-7,11,22H,8-10H2,1-2H3,(H,23,24,25,26). The summed E-state index contributed by atoms with van der Waals surface area (Å²) in [6.07, 6.45) is 3.17. The van der Waals surface area contributed by atoms with Crippen LogP contribution in [0.15, 0.2) is 36.4 Å². The van der Waals surface area contributed by atoms with Crippen molar-refractivity contribution in [3.8, 4) is 17.3 Å². The number of H-pyrrole nitrogens is 2. The summed E-state index contributed by atoms with van der Waals surface area (Å²) in [6.45, 7) is 2.32. The molecule has 0 unspecified atom stereocenters. The van der Waals surface area contributed by atoms with E-state index in [1.165, 1.54) is 29.5 Å². The summed E-state index contributed by atoms with van der Waals surface area (Å²) in [7, 11) is 1.70. The van der Waals surface area contributed by atoms with E-state index in [2.05, 4.69) is 44.7 Å². The smallest absolute Gasteiger partial charge is 0.222 e. The summed E-state index contributed by atoms with van der Waals surface area (Å²) in [5.74, 6) is 1.37. The zero-order valence-corrected chi connectivity index (χ0v) is 15.3. The lowest BCUT2D eigenvalue weighted by atomic mass is 9.96. The van der Waals surface area contributed by atoms with E-state index in [-0.39, 0.29) is 5.41 Å². The molecule has 0 spiro atoms. The van der Waals surface area contributed by atoms with E-state index in [0.717, 1.165) is 29.1 Å². The Morgan fingerprint density at radius 1 is 1.19 bits per heavy atom. The molecule has 27 heavy (non-hydrogen) atoms. The molecule has 3 aromatic heterocycles. The molecule has 0 radical (unpaired) electrons. The van der Waals surface area contributed by atoms with Crippen molar-refractivity contribution < 1.29 is 4.74 Å². The molecule has 1 aromatic carbocycles. The molecule has 3 heterocycles. The molecule has 0 bridgehead atoms. The number of nitrogens with zero attached hydrogens (tertiary/aromatic N) is 4. The number of tetrazole rings is 1. The predicted molar refractivity (Wildman–Crippen MR) is 102 cm³/mol. The minimum Gasteiger partial charge on any atom is -0.497 e. The van der Waals surface area contributed by atoms with Crippen molar-refractivity contribution in [1.82, 2.24) is 30.6 Å². The molecular formula is C20H20N6O. The SMILES string of the molecule is COc1ccc2c(Cc3cccc(-c4nn[nH]n4)n3)c(C3(C)CC3)[nH]c2c1. The molecule has 0 amide bonds. The van der Waals surface area contributed by atoms with Crippen molar-refractivity contribution in [2.45, 2.75) is 31.6 Å². The second kappa shape index (κ2) is 5.90. The number of rotatable bonds is 5. The molecule has 2 N–H and O–H groups in total. The monoisotopic (exact) mass is 360 g/mol. The number of ether oxygens (including phenoxy) is 1. The van der Waals surface area contributed by atoms with Crippen LogP contribution in [0.2, 0.25) is 0 Å². The van der Waals surface area contributed by atoms with Crippen LogP contribution < -0.4 is 4.74 Å².